The summed E-state index contributed by atoms with van der Waals surface area (Å²) >= 11 is 0. The van der Waals surface area contributed by atoms with Crippen molar-refractivity contribution in [1.82, 2.24) is 10.2 Å². The van der Waals surface area contributed by atoms with E-state index in [0.29, 0.717) is 31.6 Å². The molecular formula is C19H21F5N4O2. The van der Waals surface area contributed by atoms with E-state index >= 15 is 0 Å². The molecule has 4 rings (SSSR count). The first-order valence-electron chi connectivity index (χ1n) is 9.60. The highest BCUT2D eigenvalue weighted by molar-refractivity contribution is 5.55. The number of aromatic amines is 1. The van der Waals surface area contributed by atoms with Crippen LogP contribution in [0, 0.1) is 0 Å². The summed E-state index contributed by atoms with van der Waals surface area (Å²) in [7, 11) is 0. The highest BCUT2D eigenvalue weighted by atomic mass is 19.4. The zero-order chi connectivity index (χ0) is 21.5. The van der Waals surface area contributed by atoms with Crippen molar-refractivity contribution in [2.75, 3.05) is 29.9 Å². The summed E-state index contributed by atoms with van der Waals surface area (Å²) in [6, 6.07) is 6.24. The number of nitrogens with one attached hydrogen (secondary N) is 2. The topological polar surface area (TPSA) is 73.4 Å². The normalized spacial score (nSPS) is 22.7. The molecule has 0 bridgehead atoms. The minimum absolute atomic E-state index is 0.0168. The van der Waals surface area contributed by atoms with Gasteiger partial charge in [-0.1, -0.05) is 0 Å². The van der Waals surface area contributed by atoms with Gasteiger partial charge < -0.3 is 20.1 Å². The molecule has 1 aromatic heterocycles. The van der Waals surface area contributed by atoms with E-state index in [1.54, 1.807) is 12.1 Å². The van der Waals surface area contributed by atoms with Crippen molar-refractivity contribution in [3.8, 4) is 5.75 Å². The molecule has 0 saturated carbocycles. The number of halogens is 5. The predicted molar refractivity (Wildman–Crippen MR) is 98.9 cm³/mol. The van der Waals surface area contributed by atoms with Gasteiger partial charge in [0.15, 0.2) is 11.4 Å². The maximum Gasteiger partial charge on any atom is 0.421 e. The van der Waals surface area contributed by atoms with Crippen molar-refractivity contribution >= 4 is 11.5 Å². The van der Waals surface area contributed by atoms with Gasteiger partial charge in [-0.15, -0.1) is 0 Å². The summed E-state index contributed by atoms with van der Waals surface area (Å²) in [4.78, 5) is 2.03. The number of benzene rings is 1. The van der Waals surface area contributed by atoms with Crippen LogP contribution in [0.25, 0.3) is 0 Å². The lowest BCUT2D eigenvalue weighted by atomic mass is 9.81. The molecule has 1 fully saturated rings. The zero-order valence-electron chi connectivity index (χ0n) is 15.8. The fourth-order valence-electron chi connectivity index (χ4n) is 4.23. The van der Waals surface area contributed by atoms with Crippen LogP contribution in [0.4, 0.5) is 33.5 Å². The second-order valence-electron chi connectivity index (χ2n) is 7.53. The lowest BCUT2D eigenvalue weighted by molar-refractivity contribution is -0.269. The van der Waals surface area contributed by atoms with Crippen molar-refractivity contribution in [3.05, 3.63) is 35.5 Å². The molecule has 1 saturated heterocycles. The third-order valence-corrected chi connectivity index (χ3v) is 5.79. The Labute approximate surface area is 169 Å². The Balaban J connectivity index is 1.49. The van der Waals surface area contributed by atoms with Gasteiger partial charge in [-0.05, 0) is 37.1 Å². The summed E-state index contributed by atoms with van der Waals surface area (Å²) < 4.78 is 69.8. The van der Waals surface area contributed by atoms with Crippen molar-refractivity contribution in [1.29, 1.82) is 0 Å². The van der Waals surface area contributed by atoms with Crippen molar-refractivity contribution < 1.29 is 31.8 Å². The molecule has 0 spiro atoms. The number of hydrogen-bond donors (Lipinski definition) is 3. The average Bonchev–Trinajstić information content (AvgIpc) is 3.13. The van der Waals surface area contributed by atoms with Crippen LogP contribution < -0.4 is 15.0 Å². The Kier molecular flexibility index (Phi) is 5.25. The molecule has 3 heterocycles. The van der Waals surface area contributed by atoms with Gasteiger partial charge in [0.2, 0.25) is 0 Å². The number of anilines is 2. The molecule has 1 unspecified atom stereocenters. The van der Waals surface area contributed by atoms with E-state index in [0.717, 1.165) is 5.69 Å². The summed E-state index contributed by atoms with van der Waals surface area (Å²) in [5.41, 5.74) is -1.99. The van der Waals surface area contributed by atoms with E-state index in [9.17, 15) is 27.1 Å². The molecule has 1 atom stereocenters. The van der Waals surface area contributed by atoms with E-state index in [1.807, 2.05) is 4.90 Å². The highest BCUT2D eigenvalue weighted by Gasteiger charge is 2.59. The molecule has 1 aromatic carbocycles. The van der Waals surface area contributed by atoms with E-state index in [4.69, 9.17) is 0 Å². The van der Waals surface area contributed by atoms with Gasteiger partial charge in [-0.25, -0.2) is 0 Å². The van der Waals surface area contributed by atoms with Gasteiger partial charge in [-0.2, -0.15) is 27.1 Å². The van der Waals surface area contributed by atoms with Gasteiger partial charge in [-0.3, -0.25) is 5.10 Å². The Morgan fingerprint density at radius 1 is 1.17 bits per heavy atom. The quantitative estimate of drug-likeness (QED) is 0.638. The minimum Gasteiger partial charge on any atom is -0.435 e. The number of hydrogen-bond acceptors (Lipinski definition) is 5. The smallest absolute Gasteiger partial charge is 0.421 e. The molecule has 2 aliphatic heterocycles. The summed E-state index contributed by atoms with van der Waals surface area (Å²) in [6.45, 7) is -1.79. The van der Waals surface area contributed by atoms with E-state index in [-0.39, 0.29) is 29.6 Å². The maximum atomic E-state index is 13.6. The van der Waals surface area contributed by atoms with Crippen molar-refractivity contribution in [3.63, 3.8) is 0 Å². The number of nitrogens with zero attached hydrogens (tertiary/aromatic N) is 2. The largest absolute Gasteiger partial charge is 0.435 e. The third kappa shape index (κ3) is 3.66. The standard InChI is InChI=1S/C19H21F5N4O2/c20-17(21)30-13-3-1-12(2-4-13)28-9-5-11(6-10-28)15-14-16(27-26-15)25-8-7-18(14,29)19(22,23)24/h1-4,11,17,29H,5-10H2,(H2,25,26,27). The van der Waals surface area contributed by atoms with Gasteiger partial charge in [0.05, 0.1) is 5.56 Å². The number of rotatable bonds is 4. The van der Waals surface area contributed by atoms with Gasteiger partial charge >= 0.3 is 12.8 Å². The van der Waals surface area contributed by atoms with Crippen LogP contribution in [0.2, 0.25) is 0 Å². The molecule has 0 radical (unpaired) electrons. The van der Waals surface area contributed by atoms with E-state index in [1.165, 1.54) is 12.1 Å². The molecule has 30 heavy (non-hydrogen) atoms. The summed E-state index contributed by atoms with van der Waals surface area (Å²) in [5.74, 6) is -0.104. The number of H-pyrrole nitrogens is 1. The van der Waals surface area contributed by atoms with Crippen LogP contribution in [0.15, 0.2) is 24.3 Å². The van der Waals surface area contributed by atoms with Crippen LogP contribution in [0.1, 0.15) is 36.4 Å². The molecule has 0 aliphatic carbocycles. The molecule has 11 heteroatoms. The van der Waals surface area contributed by atoms with Crippen molar-refractivity contribution in [2.24, 2.45) is 0 Å². The molecule has 2 aromatic rings. The lowest BCUT2D eigenvalue weighted by Gasteiger charge is -2.37. The fourth-order valence-corrected chi connectivity index (χ4v) is 4.23. The minimum atomic E-state index is -4.80. The van der Waals surface area contributed by atoms with Gasteiger partial charge in [0.1, 0.15) is 5.75 Å². The molecule has 164 valence electrons. The lowest BCUT2D eigenvalue weighted by Crippen LogP contribution is -2.47. The van der Waals surface area contributed by atoms with Crippen LogP contribution in [-0.4, -0.2) is 47.7 Å². The Bertz CT molecular complexity index is 878. The van der Waals surface area contributed by atoms with Crippen LogP contribution in [-0.2, 0) is 5.60 Å². The summed E-state index contributed by atoms with van der Waals surface area (Å²) in [5, 5.41) is 20.0. The fraction of sp³-hybridized carbons (Fsp3) is 0.526. The van der Waals surface area contributed by atoms with Crippen LogP contribution in [0.3, 0.4) is 0 Å². The second-order valence-corrected chi connectivity index (χ2v) is 7.53. The monoisotopic (exact) mass is 432 g/mol. The Hall–Kier alpha value is -2.56. The number of alkyl halides is 5. The first-order chi connectivity index (χ1) is 14.2. The van der Waals surface area contributed by atoms with Crippen LogP contribution >= 0.6 is 0 Å². The first kappa shape index (κ1) is 20.7. The third-order valence-electron chi connectivity index (χ3n) is 5.79. The number of aliphatic hydroxyl groups is 1. The molecule has 6 nitrogen and oxygen atoms in total. The first-order valence-corrected chi connectivity index (χ1v) is 9.60. The zero-order valence-corrected chi connectivity index (χ0v) is 15.8. The summed E-state index contributed by atoms with van der Waals surface area (Å²) in [6.07, 6.45) is -4.16. The van der Waals surface area contributed by atoms with Crippen LogP contribution in [0.5, 0.6) is 5.75 Å². The second kappa shape index (κ2) is 7.60. The number of aromatic nitrogens is 2. The average molecular weight is 432 g/mol. The predicted octanol–water partition coefficient (Wildman–Crippen LogP) is 3.96. The Morgan fingerprint density at radius 2 is 1.83 bits per heavy atom. The number of piperidine rings is 1. The number of ether oxygens (including phenoxy) is 1. The van der Waals surface area contributed by atoms with Gasteiger partial charge in [0.25, 0.3) is 0 Å². The highest BCUT2D eigenvalue weighted by Crippen LogP contribution is 2.49. The number of fused-ring (bicyclic) bond motifs is 1. The van der Waals surface area contributed by atoms with E-state index < -0.39 is 24.8 Å². The molecular weight excluding hydrogens is 411 g/mol. The SMILES string of the molecule is OC1(C(F)(F)F)CCNc2n[nH]c(C3CCN(c4ccc(OC(F)F)cc4)CC3)c21. The Morgan fingerprint density at radius 3 is 2.43 bits per heavy atom. The van der Waals surface area contributed by atoms with Crippen molar-refractivity contribution in [2.45, 2.75) is 43.6 Å². The molecule has 2 aliphatic rings. The molecule has 3 N–H and O–H groups in total. The molecule has 0 amide bonds. The van der Waals surface area contributed by atoms with Gasteiger partial charge in [0, 0.05) is 43.4 Å². The maximum absolute atomic E-state index is 13.6. The van der Waals surface area contributed by atoms with E-state index in [2.05, 4.69) is 20.3 Å².